The molecule has 3 heterocycles. The van der Waals surface area contributed by atoms with Crippen molar-refractivity contribution < 1.29 is 19.0 Å². The molecule has 0 aromatic carbocycles. The van der Waals surface area contributed by atoms with Crippen molar-refractivity contribution in [1.82, 2.24) is 9.97 Å². The van der Waals surface area contributed by atoms with Crippen molar-refractivity contribution in [2.75, 3.05) is 13.2 Å². The Hall–Kier alpha value is -1.89. The van der Waals surface area contributed by atoms with Crippen LogP contribution in [0, 0.1) is 5.82 Å². The molecule has 1 saturated heterocycles. The van der Waals surface area contributed by atoms with Crippen molar-refractivity contribution in [1.29, 1.82) is 0 Å². The standard InChI is InChI=1S/C18H19FN2O3/c19-14-2-1-9-20-16(14)13-3-4-15(21-12-13)17(22)5-7-18(8-6-17)23-10-11-24-18/h1-4,9,12,22H,5-8,10-11H2. The van der Waals surface area contributed by atoms with Crippen LogP contribution in [-0.4, -0.2) is 34.1 Å². The van der Waals surface area contributed by atoms with Gasteiger partial charge in [0.15, 0.2) is 5.79 Å². The Bertz CT molecular complexity index is 719. The quantitative estimate of drug-likeness (QED) is 0.917. The number of nitrogens with zero attached hydrogens (tertiary/aromatic N) is 2. The van der Waals surface area contributed by atoms with Crippen LogP contribution < -0.4 is 0 Å². The first-order valence-corrected chi connectivity index (χ1v) is 8.18. The molecule has 0 atom stereocenters. The van der Waals surface area contributed by atoms with Crippen molar-refractivity contribution in [3.8, 4) is 11.3 Å². The van der Waals surface area contributed by atoms with Gasteiger partial charge in [0, 0.05) is 30.8 Å². The fourth-order valence-electron chi connectivity index (χ4n) is 3.49. The van der Waals surface area contributed by atoms with Gasteiger partial charge in [-0.05, 0) is 37.1 Å². The second kappa shape index (κ2) is 5.88. The van der Waals surface area contributed by atoms with Gasteiger partial charge < -0.3 is 14.6 Å². The highest BCUT2D eigenvalue weighted by Gasteiger charge is 2.46. The Balaban J connectivity index is 1.54. The SMILES string of the molecule is OC1(c2ccc(-c3ncccc3F)cn2)CCC2(CC1)OCCO2. The van der Waals surface area contributed by atoms with Crippen molar-refractivity contribution in [2.24, 2.45) is 0 Å². The summed E-state index contributed by atoms with van der Waals surface area (Å²) in [6, 6.07) is 6.41. The summed E-state index contributed by atoms with van der Waals surface area (Å²) in [5.41, 5.74) is 0.450. The number of aliphatic hydroxyl groups is 1. The Kier molecular flexibility index (Phi) is 3.83. The zero-order valence-corrected chi connectivity index (χ0v) is 13.2. The molecule has 0 bridgehead atoms. The summed E-state index contributed by atoms with van der Waals surface area (Å²) in [6.45, 7) is 1.22. The van der Waals surface area contributed by atoms with Gasteiger partial charge in [0.2, 0.25) is 0 Å². The lowest BCUT2D eigenvalue weighted by Gasteiger charge is -2.40. The van der Waals surface area contributed by atoms with E-state index in [9.17, 15) is 9.50 Å². The van der Waals surface area contributed by atoms with Gasteiger partial charge in [-0.2, -0.15) is 0 Å². The molecule has 24 heavy (non-hydrogen) atoms. The highest BCUT2D eigenvalue weighted by molar-refractivity contribution is 5.58. The minimum absolute atomic E-state index is 0.263. The third kappa shape index (κ3) is 2.70. The fraction of sp³-hybridized carbons (Fsp3) is 0.444. The molecule has 2 aliphatic rings. The molecule has 4 rings (SSSR count). The van der Waals surface area contributed by atoms with Crippen LogP contribution in [0.15, 0.2) is 36.7 Å². The van der Waals surface area contributed by atoms with Crippen molar-refractivity contribution >= 4 is 0 Å². The van der Waals surface area contributed by atoms with Gasteiger partial charge in [-0.15, -0.1) is 0 Å². The number of aromatic nitrogens is 2. The maximum atomic E-state index is 13.8. The molecular weight excluding hydrogens is 311 g/mol. The summed E-state index contributed by atoms with van der Waals surface area (Å²) < 4.78 is 25.2. The summed E-state index contributed by atoms with van der Waals surface area (Å²) in [7, 11) is 0. The molecule has 0 unspecified atom stereocenters. The highest BCUT2D eigenvalue weighted by atomic mass is 19.1. The molecule has 2 aromatic heterocycles. The smallest absolute Gasteiger partial charge is 0.168 e. The van der Waals surface area contributed by atoms with E-state index in [1.165, 1.54) is 6.07 Å². The molecule has 1 N–H and O–H groups in total. The van der Waals surface area contributed by atoms with Crippen LogP contribution in [0.3, 0.4) is 0 Å². The lowest BCUT2D eigenvalue weighted by atomic mass is 9.79. The van der Waals surface area contributed by atoms with E-state index in [0.717, 1.165) is 0 Å². The molecule has 126 valence electrons. The zero-order chi connectivity index (χ0) is 16.6. The third-order valence-corrected chi connectivity index (χ3v) is 4.92. The summed E-state index contributed by atoms with van der Waals surface area (Å²) in [4.78, 5) is 8.41. The molecule has 1 aliphatic heterocycles. The van der Waals surface area contributed by atoms with E-state index in [1.54, 1.807) is 30.6 Å². The Labute approximate surface area is 139 Å². The second-order valence-electron chi connectivity index (χ2n) is 6.41. The molecule has 2 fully saturated rings. The second-order valence-corrected chi connectivity index (χ2v) is 6.41. The first-order valence-electron chi connectivity index (χ1n) is 8.18. The lowest BCUT2D eigenvalue weighted by Crippen LogP contribution is -2.42. The predicted octanol–water partition coefficient (Wildman–Crippen LogP) is 2.79. The van der Waals surface area contributed by atoms with Gasteiger partial charge in [-0.3, -0.25) is 9.97 Å². The maximum Gasteiger partial charge on any atom is 0.168 e. The molecular formula is C18H19FN2O3. The normalized spacial score (nSPS) is 21.9. The summed E-state index contributed by atoms with van der Waals surface area (Å²) >= 11 is 0. The average Bonchev–Trinajstić information content (AvgIpc) is 3.07. The number of halogens is 1. The van der Waals surface area contributed by atoms with Crippen LogP contribution >= 0.6 is 0 Å². The Morgan fingerprint density at radius 3 is 2.38 bits per heavy atom. The number of pyridine rings is 2. The molecule has 1 saturated carbocycles. The molecule has 6 heteroatoms. The number of hydrogen-bond donors (Lipinski definition) is 1. The fourth-order valence-corrected chi connectivity index (χ4v) is 3.49. The van der Waals surface area contributed by atoms with Gasteiger partial charge >= 0.3 is 0 Å². The number of ether oxygens (including phenoxy) is 2. The van der Waals surface area contributed by atoms with E-state index < -0.39 is 11.4 Å². The average molecular weight is 330 g/mol. The summed E-state index contributed by atoms with van der Waals surface area (Å²) in [5, 5.41) is 10.9. The maximum absolute atomic E-state index is 13.8. The number of rotatable bonds is 2. The molecule has 2 aromatic rings. The van der Waals surface area contributed by atoms with Gasteiger partial charge in [0.25, 0.3) is 0 Å². The van der Waals surface area contributed by atoms with Gasteiger partial charge in [0.1, 0.15) is 17.1 Å². The zero-order valence-electron chi connectivity index (χ0n) is 13.2. The molecule has 5 nitrogen and oxygen atoms in total. The van der Waals surface area contributed by atoms with E-state index in [2.05, 4.69) is 9.97 Å². The third-order valence-electron chi connectivity index (χ3n) is 4.92. The van der Waals surface area contributed by atoms with Crippen LogP contribution in [-0.2, 0) is 15.1 Å². The van der Waals surface area contributed by atoms with Crippen molar-refractivity contribution in [2.45, 2.75) is 37.1 Å². The highest BCUT2D eigenvalue weighted by Crippen LogP contribution is 2.44. The summed E-state index contributed by atoms with van der Waals surface area (Å²) in [5.74, 6) is -0.913. The predicted molar refractivity (Wildman–Crippen MR) is 84.4 cm³/mol. The van der Waals surface area contributed by atoms with Crippen LogP contribution in [0.25, 0.3) is 11.3 Å². The van der Waals surface area contributed by atoms with E-state index in [0.29, 0.717) is 50.2 Å². The first-order chi connectivity index (χ1) is 11.6. The molecule has 0 radical (unpaired) electrons. The van der Waals surface area contributed by atoms with E-state index in [-0.39, 0.29) is 11.5 Å². The molecule has 1 spiro atoms. The Morgan fingerprint density at radius 1 is 1.00 bits per heavy atom. The van der Waals surface area contributed by atoms with Crippen LogP contribution in [0.5, 0.6) is 0 Å². The number of hydrogen-bond acceptors (Lipinski definition) is 5. The molecule has 1 aliphatic carbocycles. The van der Waals surface area contributed by atoms with Crippen LogP contribution in [0.1, 0.15) is 31.4 Å². The van der Waals surface area contributed by atoms with Crippen LogP contribution in [0.4, 0.5) is 4.39 Å². The monoisotopic (exact) mass is 330 g/mol. The van der Waals surface area contributed by atoms with Crippen LogP contribution in [0.2, 0.25) is 0 Å². The largest absolute Gasteiger partial charge is 0.384 e. The van der Waals surface area contributed by atoms with Crippen molar-refractivity contribution in [3.63, 3.8) is 0 Å². The van der Waals surface area contributed by atoms with E-state index in [1.807, 2.05) is 0 Å². The molecule has 0 amide bonds. The minimum atomic E-state index is -0.998. The van der Waals surface area contributed by atoms with Crippen molar-refractivity contribution in [3.05, 3.63) is 48.2 Å². The Morgan fingerprint density at radius 2 is 1.75 bits per heavy atom. The van der Waals surface area contributed by atoms with E-state index in [4.69, 9.17) is 9.47 Å². The van der Waals surface area contributed by atoms with E-state index >= 15 is 0 Å². The first kappa shape index (κ1) is 15.6. The van der Waals surface area contributed by atoms with Gasteiger partial charge in [-0.1, -0.05) is 0 Å². The van der Waals surface area contributed by atoms with Gasteiger partial charge in [-0.25, -0.2) is 4.39 Å². The van der Waals surface area contributed by atoms with Gasteiger partial charge in [0.05, 0.1) is 18.9 Å². The summed E-state index contributed by atoms with van der Waals surface area (Å²) in [6.07, 6.45) is 5.44. The topological polar surface area (TPSA) is 64.5 Å². The lowest BCUT2D eigenvalue weighted by molar-refractivity contribution is -0.204. The minimum Gasteiger partial charge on any atom is -0.384 e.